The molecular formula is C76H66BrClN10O12. The highest BCUT2D eigenvalue weighted by Crippen LogP contribution is 2.73. The van der Waals surface area contributed by atoms with Crippen molar-refractivity contribution in [1.29, 1.82) is 0 Å². The second-order valence-electron chi connectivity index (χ2n) is 25.1. The Labute approximate surface area is 589 Å². The largest absolute Gasteiger partial charge is 0.481 e. The van der Waals surface area contributed by atoms with Crippen LogP contribution in [0.4, 0.5) is 23.0 Å². The van der Waals surface area contributed by atoms with Crippen LogP contribution in [-0.2, 0) is 33.6 Å². The van der Waals surface area contributed by atoms with E-state index < -0.39 is 87.4 Å². The number of nitrogens with two attached hydrogens (primary N) is 3. The van der Waals surface area contributed by atoms with Gasteiger partial charge in [-0.3, -0.25) is 0 Å². The van der Waals surface area contributed by atoms with Crippen molar-refractivity contribution >= 4 is 50.5 Å². The maximum atomic E-state index is 12.5. The summed E-state index contributed by atoms with van der Waals surface area (Å²) in [6.45, 7) is 29.8. The molecule has 0 radical (unpaired) electrons. The van der Waals surface area contributed by atoms with E-state index in [0.717, 1.165) is 21.2 Å². The normalized spacial score (nSPS) is 29.4. The fourth-order valence-electron chi connectivity index (χ4n) is 16.9. The average molecular weight is 1430 g/mol. The van der Waals surface area contributed by atoms with E-state index in [0.29, 0.717) is 33.8 Å². The molecule has 0 spiro atoms. The van der Waals surface area contributed by atoms with Gasteiger partial charge < -0.3 is 86.0 Å². The van der Waals surface area contributed by atoms with E-state index in [-0.39, 0.29) is 82.3 Å². The van der Waals surface area contributed by atoms with Gasteiger partial charge in [0.1, 0.15) is 33.5 Å². The van der Waals surface area contributed by atoms with Crippen LogP contribution in [0.2, 0.25) is 5.15 Å². The van der Waals surface area contributed by atoms with Crippen molar-refractivity contribution in [2.24, 2.45) is 35.0 Å². The standard InChI is InChI=1S/2C26H22N4O4.C24H22BrClN2O4/c2*1-28-17-11-9-16(10-12-17)26-21(15-7-5-4-6-8-15)18(14-27)23(31)25(26,32)22-19(34-26)13-20(29-2)30-24(22)33-3;1-31-22-20-17(11-18(26)28-22)32-24(14-7-9-15(25)10-8-14)19(13-5-3-2-4-6-13)16(12-27)21(29)23(20,24)30/h2*4-13,18,21,23,31-32H,14,27H2,3H3;2-11,16,19,21,29-30H,12,27H2,1H3/t2*18-,21-,23-,25+,26+;16-,19-,21-,23+,24+/m111/s1. The summed E-state index contributed by atoms with van der Waals surface area (Å²) in [6.07, 6.45) is -3.92. The summed E-state index contributed by atoms with van der Waals surface area (Å²) in [7, 11) is 4.22. The van der Waals surface area contributed by atoms with E-state index >= 15 is 0 Å². The van der Waals surface area contributed by atoms with Crippen molar-refractivity contribution in [3.8, 4) is 34.9 Å². The number of aliphatic hydroxyl groups is 6. The Morgan fingerprint density at radius 2 is 0.730 bits per heavy atom. The zero-order valence-corrected chi connectivity index (χ0v) is 56.2. The number of methoxy groups -OCH3 is 3. The molecular weight excluding hydrogens is 1360 g/mol. The molecule has 3 aliphatic heterocycles. The lowest BCUT2D eigenvalue weighted by Gasteiger charge is -2.40. The first-order chi connectivity index (χ1) is 48.3. The van der Waals surface area contributed by atoms with Crippen LogP contribution >= 0.6 is 27.5 Å². The molecule has 0 unspecified atom stereocenters. The van der Waals surface area contributed by atoms with E-state index in [9.17, 15) is 30.6 Å². The Morgan fingerprint density at radius 3 is 1.01 bits per heavy atom. The molecule has 6 aliphatic rings. The number of pyridine rings is 3. The first-order valence-corrected chi connectivity index (χ1v) is 32.9. The number of benzene rings is 6. The molecule has 6 heterocycles. The number of rotatable bonds is 12. The van der Waals surface area contributed by atoms with Gasteiger partial charge in [-0.2, -0.15) is 0 Å². The van der Waals surface area contributed by atoms with Crippen LogP contribution in [0, 0.1) is 44.0 Å². The van der Waals surface area contributed by atoms with Crippen molar-refractivity contribution in [3.63, 3.8) is 0 Å². The lowest BCUT2D eigenvalue weighted by atomic mass is 9.71. The number of ether oxygens (including phenoxy) is 6. The van der Waals surface area contributed by atoms with Gasteiger partial charge in [-0.05, 0) is 65.1 Å². The zero-order valence-electron chi connectivity index (χ0n) is 53.9. The van der Waals surface area contributed by atoms with Gasteiger partial charge in [0.25, 0.3) is 11.6 Å². The summed E-state index contributed by atoms with van der Waals surface area (Å²) in [5.74, 6) is -2.30. The highest BCUT2D eigenvalue weighted by atomic mass is 79.9. The number of hydrogen-bond donors (Lipinski definition) is 9. The Balaban J connectivity index is 0.000000134. The molecule has 24 heteroatoms. The van der Waals surface area contributed by atoms with Crippen LogP contribution in [0.5, 0.6) is 34.9 Å². The summed E-state index contributed by atoms with van der Waals surface area (Å²) in [4.78, 5) is 26.4. The fourth-order valence-corrected chi connectivity index (χ4v) is 17.3. The molecule has 0 saturated heterocycles. The summed E-state index contributed by atoms with van der Waals surface area (Å²) >= 11 is 9.70. The monoisotopic (exact) mass is 1420 g/mol. The molecule has 3 aromatic heterocycles. The Hall–Kier alpha value is -10.1. The number of aliphatic hydroxyl groups excluding tert-OH is 3. The molecule has 506 valence electrons. The number of nitrogens with zero attached hydrogens (tertiary/aromatic N) is 7. The highest BCUT2D eigenvalue weighted by Gasteiger charge is 2.80. The van der Waals surface area contributed by atoms with Crippen molar-refractivity contribution in [2.75, 3.05) is 41.0 Å². The Morgan fingerprint density at radius 1 is 0.440 bits per heavy atom. The van der Waals surface area contributed by atoms with Gasteiger partial charge in [-0.1, -0.05) is 202 Å². The molecule has 6 aromatic carbocycles. The molecule has 9 aromatic rings. The van der Waals surface area contributed by atoms with E-state index in [1.807, 2.05) is 115 Å². The number of hydrogen-bond acceptors (Lipinski definition) is 18. The minimum atomic E-state index is -1.99. The van der Waals surface area contributed by atoms with E-state index in [2.05, 4.69) is 50.3 Å². The van der Waals surface area contributed by atoms with Crippen molar-refractivity contribution in [1.82, 2.24) is 15.0 Å². The number of halogens is 2. The maximum absolute atomic E-state index is 12.5. The van der Waals surface area contributed by atoms with Crippen LogP contribution in [-0.4, -0.2) is 105 Å². The molecule has 15 atom stereocenters. The third-order valence-corrected chi connectivity index (χ3v) is 21.5. The first-order valence-electron chi connectivity index (χ1n) is 31.7. The van der Waals surface area contributed by atoms with Crippen molar-refractivity contribution in [2.45, 2.75) is 69.7 Å². The van der Waals surface area contributed by atoms with E-state index in [1.165, 1.54) is 33.5 Å². The quantitative estimate of drug-likeness (QED) is 0.0405. The summed E-state index contributed by atoms with van der Waals surface area (Å²) in [5, 5.41) is 72.6. The topological polar surface area (TPSA) is 311 Å². The molecule has 100 heavy (non-hydrogen) atoms. The fraction of sp³-hybridized carbons (Fsp3) is 0.276. The smallest absolute Gasteiger partial charge is 0.319 e. The molecule has 3 fully saturated rings. The predicted octanol–water partition coefficient (Wildman–Crippen LogP) is 10.5. The minimum Gasteiger partial charge on any atom is -0.481 e. The average Bonchev–Trinajstić information content (AvgIpc) is 1.51. The second-order valence-corrected chi connectivity index (χ2v) is 26.4. The lowest BCUT2D eigenvalue weighted by molar-refractivity contribution is -0.152. The van der Waals surface area contributed by atoms with E-state index in [1.54, 1.807) is 54.6 Å². The third-order valence-electron chi connectivity index (χ3n) is 20.8. The SMILES string of the molecule is COc1nc(Cl)cc2c1[C@]1(O)[C@H](O)[C@H](CN)[C@@H](c3ccccc3)[C@]1(c1ccc(Br)cc1)O2.[C-]#[N+]c1ccc([C@@]23Oc4cc([N+]#[C-])nc(OC)c4[C@]2(O)[C@H](O)[C@H](CN)[C@H]3c2ccccc2)cc1.[C-]#[N+]c1ccc([C@@]23Oc4cc([N+]#[C-])nc(OC)c4[C@]2(O)[C@H](O)[C@H](CN)[C@H]3c2ccccc2)cc1. The molecule has 22 nitrogen and oxygen atoms in total. The van der Waals surface area contributed by atoms with Gasteiger partial charge in [0, 0.05) is 58.2 Å². The van der Waals surface area contributed by atoms with Gasteiger partial charge in [-0.15, -0.1) is 0 Å². The number of aromatic nitrogens is 3. The molecule has 12 N–H and O–H groups in total. The van der Waals surface area contributed by atoms with Gasteiger partial charge in [-0.25, -0.2) is 14.7 Å². The zero-order chi connectivity index (χ0) is 70.8. The van der Waals surface area contributed by atoms with Crippen molar-refractivity contribution in [3.05, 3.63) is 287 Å². The highest BCUT2D eigenvalue weighted by molar-refractivity contribution is 9.10. The first kappa shape index (κ1) is 68.5. The predicted molar refractivity (Wildman–Crippen MR) is 371 cm³/mol. The lowest BCUT2D eigenvalue weighted by Crippen LogP contribution is -2.52. The third kappa shape index (κ3) is 9.69. The van der Waals surface area contributed by atoms with Crippen LogP contribution in [0.3, 0.4) is 0 Å². The van der Waals surface area contributed by atoms with Gasteiger partial charge in [0.15, 0.2) is 45.0 Å². The van der Waals surface area contributed by atoms with Crippen molar-refractivity contribution < 1.29 is 59.1 Å². The van der Waals surface area contributed by atoms with Gasteiger partial charge >= 0.3 is 11.8 Å². The number of fused-ring (bicyclic) bond motifs is 9. The molecule has 3 saturated carbocycles. The summed E-state index contributed by atoms with van der Waals surface area (Å²) in [6, 6.07) is 54.0. The summed E-state index contributed by atoms with van der Waals surface area (Å²) < 4.78 is 37.2. The molecule has 0 amide bonds. The maximum Gasteiger partial charge on any atom is 0.319 e. The van der Waals surface area contributed by atoms with Crippen LogP contribution in [0.1, 0.15) is 67.8 Å². The molecule has 0 bridgehead atoms. The molecule has 3 aliphatic carbocycles. The van der Waals surface area contributed by atoms with Gasteiger partial charge in [0.05, 0.1) is 58.3 Å². The Bertz CT molecular complexity index is 4570. The Kier molecular flexibility index (Phi) is 18.0. The van der Waals surface area contributed by atoms with Crippen LogP contribution in [0.25, 0.3) is 19.4 Å². The van der Waals surface area contributed by atoms with E-state index in [4.69, 9.17) is 83.5 Å². The van der Waals surface area contributed by atoms with Crippen LogP contribution in [0.15, 0.2) is 186 Å². The summed E-state index contributed by atoms with van der Waals surface area (Å²) in [5.41, 5.74) is 14.1. The second kappa shape index (κ2) is 26.2. The molecule has 15 rings (SSSR count). The minimum absolute atomic E-state index is 0.00851. The van der Waals surface area contributed by atoms with Crippen LogP contribution < -0.4 is 45.6 Å². The van der Waals surface area contributed by atoms with Gasteiger partial charge in [0.2, 0.25) is 5.88 Å².